The lowest BCUT2D eigenvalue weighted by Gasteiger charge is -2.33. The number of benzene rings is 4. The van der Waals surface area contributed by atoms with Crippen molar-refractivity contribution in [1.29, 1.82) is 0 Å². The van der Waals surface area contributed by atoms with Gasteiger partial charge in [-0.2, -0.15) is 0 Å². The summed E-state index contributed by atoms with van der Waals surface area (Å²) in [5.41, 5.74) is 8.53. The minimum Gasteiger partial charge on any atom is -0.310 e. The molecular weight excluding hydrogens is 398 g/mol. The average Bonchev–Trinajstić information content (AvgIpc) is 3.34. The fourth-order valence-electron chi connectivity index (χ4n) is 4.16. The Morgan fingerprint density at radius 3 is 1.68 bits per heavy atom. The van der Waals surface area contributed by atoms with Crippen LogP contribution in [-0.4, -0.2) is 10.2 Å². The van der Waals surface area contributed by atoms with Gasteiger partial charge in [-0.1, -0.05) is 78.1 Å². The van der Waals surface area contributed by atoms with E-state index in [0.29, 0.717) is 0 Å². The molecule has 0 unspecified atom stereocenters. The highest BCUT2D eigenvalue weighted by Gasteiger charge is 2.23. The monoisotopic (exact) mass is 417 g/mol. The topological polar surface area (TPSA) is 29.0 Å². The van der Waals surface area contributed by atoms with Crippen LogP contribution in [0, 0.1) is 0 Å². The van der Waals surface area contributed by atoms with Crippen molar-refractivity contribution >= 4 is 28.4 Å². The maximum absolute atomic E-state index is 4.43. The second kappa shape index (κ2) is 7.49. The van der Waals surface area contributed by atoms with Gasteiger partial charge in [-0.15, -0.1) is 10.2 Å². The molecule has 1 aromatic heterocycles. The molecule has 0 saturated carbocycles. The molecule has 0 amide bonds. The van der Waals surface area contributed by atoms with E-state index in [-0.39, 0.29) is 0 Å². The van der Waals surface area contributed by atoms with E-state index in [1.165, 1.54) is 22.5 Å². The van der Waals surface area contributed by atoms with Crippen LogP contribution in [0.2, 0.25) is 0 Å². The van der Waals surface area contributed by atoms with E-state index in [4.69, 9.17) is 0 Å². The van der Waals surface area contributed by atoms with E-state index >= 15 is 0 Å². The molecule has 0 spiro atoms. The third kappa shape index (κ3) is 3.22. The first-order valence-electron chi connectivity index (χ1n) is 10.3. The van der Waals surface area contributed by atoms with Crippen molar-refractivity contribution < 1.29 is 0 Å². The number of nitrogens with zero attached hydrogens (tertiary/aromatic N) is 3. The molecule has 0 bridgehead atoms. The van der Waals surface area contributed by atoms with Gasteiger partial charge in [0.15, 0.2) is 0 Å². The highest BCUT2D eigenvalue weighted by molar-refractivity contribution is 7.17. The highest BCUT2D eigenvalue weighted by atomic mass is 32.1. The van der Waals surface area contributed by atoms with Crippen LogP contribution in [0.4, 0.5) is 17.1 Å². The van der Waals surface area contributed by atoms with Gasteiger partial charge in [0.05, 0.1) is 0 Å². The van der Waals surface area contributed by atoms with E-state index in [0.717, 1.165) is 33.3 Å². The summed E-state index contributed by atoms with van der Waals surface area (Å²) in [4.78, 5) is 2.35. The Morgan fingerprint density at radius 2 is 1.06 bits per heavy atom. The van der Waals surface area contributed by atoms with Gasteiger partial charge in [0.1, 0.15) is 10.0 Å². The van der Waals surface area contributed by atoms with Crippen LogP contribution in [0.1, 0.15) is 11.1 Å². The summed E-state index contributed by atoms with van der Waals surface area (Å²) in [5.74, 6) is 0. The third-order valence-electron chi connectivity index (χ3n) is 5.66. The molecule has 0 saturated heterocycles. The van der Waals surface area contributed by atoms with Crippen molar-refractivity contribution in [2.24, 2.45) is 0 Å². The highest BCUT2D eigenvalue weighted by Crippen LogP contribution is 2.44. The van der Waals surface area contributed by atoms with Crippen LogP contribution in [0.25, 0.3) is 21.1 Å². The van der Waals surface area contributed by atoms with E-state index in [1.807, 2.05) is 18.2 Å². The van der Waals surface area contributed by atoms with E-state index < -0.39 is 0 Å². The van der Waals surface area contributed by atoms with Crippen molar-refractivity contribution in [2.45, 2.75) is 6.42 Å². The predicted molar refractivity (Wildman–Crippen MR) is 128 cm³/mol. The molecule has 0 N–H and O–H groups in total. The molecule has 0 radical (unpaired) electrons. The van der Waals surface area contributed by atoms with Crippen LogP contribution in [0.15, 0.2) is 103 Å². The Balaban J connectivity index is 1.37. The minimum atomic E-state index is 0.935. The van der Waals surface area contributed by atoms with Crippen molar-refractivity contribution in [3.63, 3.8) is 0 Å². The molecule has 31 heavy (non-hydrogen) atoms. The Labute approximate surface area is 185 Å². The van der Waals surface area contributed by atoms with Gasteiger partial charge in [0, 0.05) is 34.6 Å². The molecule has 1 aliphatic rings. The number of rotatable bonds is 3. The zero-order valence-corrected chi connectivity index (χ0v) is 17.6. The number of aromatic nitrogens is 2. The number of hydrogen-bond donors (Lipinski definition) is 0. The van der Waals surface area contributed by atoms with Gasteiger partial charge >= 0.3 is 0 Å². The average molecular weight is 418 g/mol. The molecule has 2 heterocycles. The summed E-state index contributed by atoms with van der Waals surface area (Å²) in [5, 5.41) is 10.7. The second-order valence-electron chi connectivity index (χ2n) is 7.59. The molecule has 148 valence electrons. The molecule has 0 fully saturated rings. The van der Waals surface area contributed by atoms with E-state index in [1.54, 1.807) is 11.3 Å². The molecule has 1 aliphatic heterocycles. The molecular formula is C27H19N3S. The van der Waals surface area contributed by atoms with Gasteiger partial charge in [-0.3, -0.25) is 0 Å². The summed E-state index contributed by atoms with van der Waals surface area (Å²) >= 11 is 1.62. The largest absolute Gasteiger partial charge is 0.310 e. The standard InChI is InChI=1S/C27H19N3S/c1-2-8-19(9-3-1)26-28-29-27(31-26)20-14-16-23(17-15-20)30-24-12-6-4-10-21(24)18-22-11-5-7-13-25(22)30/h1-17H,18H2. The lowest BCUT2D eigenvalue weighted by molar-refractivity contribution is 1.09. The molecule has 0 aliphatic carbocycles. The van der Waals surface area contributed by atoms with Gasteiger partial charge in [0.25, 0.3) is 0 Å². The first-order valence-corrected chi connectivity index (χ1v) is 11.1. The van der Waals surface area contributed by atoms with Crippen molar-refractivity contribution in [3.05, 3.63) is 114 Å². The number of fused-ring (bicyclic) bond motifs is 2. The van der Waals surface area contributed by atoms with Crippen LogP contribution in [0.3, 0.4) is 0 Å². The quantitative estimate of drug-likeness (QED) is 0.304. The van der Waals surface area contributed by atoms with Gasteiger partial charge in [-0.25, -0.2) is 0 Å². The van der Waals surface area contributed by atoms with Crippen LogP contribution >= 0.6 is 11.3 Å². The molecule has 5 aromatic rings. The minimum absolute atomic E-state index is 0.935. The molecule has 4 aromatic carbocycles. The van der Waals surface area contributed by atoms with E-state index in [9.17, 15) is 0 Å². The molecule has 3 nitrogen and oxygen atoms in total. The molecule has 4 heteroatoms. The predicted octanol–water partition coefficient (Wildman–Crippen LogP) is 7.25. The number of anilines is 3. The Kier molecular flexibility index (Phi) is 4.36. The second-order valence-corrected chi connectivity index (χ2v) is 8.57. The summed E-state index contributed by atoms with van der Waals surface area (Å²) in [6.45, 7) is 0. The fourth-order valence-corrected chi connectivity index (χ4v) is 5.01. The maximum atomic E-state index is 4.43. The smallest absolute Gasteiger partial charge is 0.148 e. The zero-order chi connectivity index (χ0) is 20.6. The summed E-state index contributed by atoms with van der Waals surface area (Å²) < 4.78 is 0. The summed E-state index contributed by atoms with van der Waals surface area (Å²) in [6.07, 6.45) is 0.966. The first kappa shape index (κ1) is 18.0. The lowest BCUT2D eigenvalue weighted by Crippen LogP contribution is -2.18. The van der Waals surface area contributed by atoms with Gasteiger partial charge in [0.2, 0.25) is 0 Å². The zero-order valence-electron chi connectivity index (χ0n) is 16.8. The van der Waals surface area contributed by atoms with Crippen LogP contribution in [-0.2, 0) is 6.42 Å². The summed E-state index contributed by atoms with van der Waals surface area (Å²) in [6, 6.07) is 36.2. The SMILES string of the molecule is c1ccc(-c2nnc(-c3ccc(N4c5ccccc5Cc5ccccc54)cc3)s2)cc1. The normalized spacial score (nSPS) is 12.3. The van der Waals surface area contributed by atoms with Crippen LogP contribution < -0.4 is 4.90 Å². The Hall–Kier alpha value is -3.76. The Bertz CT molecular complexity index is 1310. The Morgan fingerprint density at radius 1 is 0.548 bits per heavy atom. The van der Waals surface area contributed by atoms with Crippen molar-refractivity contribution in [2.75, 3.05) is 4.90 Å². The molecule has 0 atom stereocenters. The lowest BCUT2D eigenvalue weighted by atomic mass is 9.95. The first-order chi connectivity index (χ1) is 15.4. The van der Waals surface area contributed by atoms with Gasteiger partial charge < -0.3 is 4.90 Å². The van der Waals surface area contributed by atoms with E-state index in [2.05, 4.69) is 100 Å². The molecule has 6 rings (SSSR count). The van der Waals surface area contributed by atoms with Crippen molar-refractivity contribution in [1.82, 2.24) is 10.2 Å². The van der Waals surface area contributed by atoms with Crippen molar-refractivity contribution in [3.8, 4) is 21.1 Å². The third-order valence-corrected chi connectivity index (χ3v) is 6.69. The fraction of sp³-hybridized carbons (Fsp3) is 0.0370. The number of para-hydroxylation sites is 2. The van der Waals surface area contributed by atoms with Gasteiger partial charge in [-0.05, 0) is 47.5 Å². The number of hydrogen-bond acceptors (Lipinski definition) is 4. The van der Waals surface area contributed by atoms with Crippen LogP contribution in [0.5, 0.6) is 0 Å². The maximum Gasteiger partial charge on any atom is 0.148 e. The summed E-state index contributed by atoms with van der Waals surface area (Å²) in [7, 11) is 0.